The summed E-state index contributed by atoms with van der Waals surface area (Å²) in [6, 6.07) is 0.590. The zero-order chi connectivity index (χ0) is 10.1. The molecule has 82 valence electrons. The zero-order valence-electron chi connectivity index (χ0n) is 8.80. The highest BCUT2D eigenvalue weighted by molar-refractivity contribution is 4.93. The number of ether oxygens (including phenoxy) is 1. The Balaban J connectivity index is 1.67. The minimum atomic E-state index is 0.418. The summed E-state index contributed by atoms with van der Waals surface area (Å²) in [5.41, 5.74) is 0. The average molecular weight is 207 g/mol. The van der Waals surface area contributed by atoms with Crippen molar-refractivity contribution in [2.75, 3.05) is 13.2 Å². The molecular weight excluding hydrogens is 190 g/mol. The van der Waals surface area contributed by atoms with Crippen LogP contribution in [0.5, 0.6) is 0 Å². The standard InChI is InChI=1S/C11H17N3O/c1-2-10-11(15-6-4-13-10)9(1)7-14-5-3-12-8-14/h3,5,8-11,13H,1-2,4,6-7H2/t9-,10+,11+/m0/s1. The first-order valence-electron chi connectivity index (χ1n) is 5.74. The zero-order valence-corrected chi connectivity index (χ0v) is 8.80. The predicted molar refractivity (Wildman–Crippen MR) is 56.5 cm³/mol. The van der Waals surface area contributed by atoms with Crippen LogP contribution in [-0.4, -0.2) is 34.8 Å². The van der Waals surface area contributed by atoms with Gasteiger partial charge in [-0.3, -0.25) is 0 Å². The van der Waals surface area contributed by atoms with E-state index in [1.165, 1.54) is 12.8 Å². The molecule has 1 N–H and O–H groups in total. The molecule has 2 aliphatic rings. The minimum absolute atomic E-state index is 0.418. The molecule has 2 fully saturated rings. The van der Waals surface area contributed by atoms with Crippen molar-refractivity contribution in [2.24, 2.45) is 5.92 Å². The van der Waals surface area contributed by atoms with E-state index in [9.17, 15) is 0 Å². The maximum Gasteiger partial charge on any atom is 0.0946 e. The number of hydrogen-bond donors (Lipinski definition) is 1. The summed E-state index contributed by atoms with van der Waals surface area (Å²) >= 11 is 0. The first kappa shape index (κ1) is 9.36. The molecule has 1 saturated heterocycles. The van der Waals surface area contributed by atoms with E-state index in [1.807, 2.05) is 18.7 Å². The predicted octanol–water partition coefficient (Wildman–Crippen LogP) is 0.650. The fourth-order valence-corrected chi connectivity index (χ4v) is 2.82. The van der Waals surface area contributed by atoms with Crippen LogP contribution in [0.25, 0.3) is 0 Å². The molecule has 0 unspecified atom stereocenters. The molecule has 0 radical (unpaired) electrons. The highest BCUT2D eigenvalue weighted by Gasteiger charge is 2.38. The monoisotopic (exact) mass is 207 g/mol. The number of hydrogen-bond acceptors (Lipinski definition) is 3. The molecule has 1 aromatic rings. The van der Waals surface area contributed by atoms with Gasteiger partial charge < -0.3 is 14.6 Å². The van der Waals surface area contributed by atoms with Crippen LogP contribution in [0.15, 0.2) is 18.7 Å². The molecule has 4 nitrogen and oxygen atoms in total. The molecule has 0 spiro atoms. The minimum Gasteiger partial charge on any atom is -0.375 e. The average Bonchev–Trinajstić information content (AvgIpc) is 2.89. The molecule has 0 aromatic carbocycles. The first-order valence-corrected chi connectivity index (χ1v) is 5.74. The Bertz CT molecular complexity index is 312. The lowest BCUT2D eigenvalue weighted by atomic mass is 10.0. The molecule has 1 saturated carbocycles. The molecule has 4 heteroatoms. The van der Waals surface area contributed by atoms with Gasteiger partial charge in [-0.2, -0.15) is 0 Å². The third-order valence-corrected chi connectivity index (χ3v) is 3.53. The number of nitrogens with one attached hydrogen (secondary N) is 1. The van der Waals surface area contributed by atoms with E-state index < -0.39 is 0 Å². The quantitative estimate of drug-likeness (QED) is 0.774. The fraction of sp³-hybridized carbons (Fsp3) is 0.727. The fourth-order valence-electron chi connectivity index (χ4n) is 2.82. The van der Waals surface area contributed by atoms with E-state index >= 15 is 0 Å². The highest BCUT2D eigenvalue weighted by atomic mass is 16.5. The van der Waals surface area contributed by atoms with Crippen molar-refractivity contribution >= 4 is 0 Å². The van der Waals surface area contributed by atoms with E-state index in [-0.39, 0.29) is 0 Å². The lowest BCUT2D eigenvalue weighted by Gasteiger charge is -2.30. The van der Waals surface area contributed by atoms with Gasteiger partial charge in [-0.05, 0) is 12.8 Å². The van der Waals surface area contributed by atoms with E-state index in [0.29, 0.717) is 18.1 Å². The van der Waals surface area contributed by atoms with Gasteiger partial charge >= 0.3 is 0 Å². The Morgan fingerprint density at radius 3 is 3.33 bits per heavy atom. The summed E-state index contributed by atoms with van der Waals surface area (Å²) in [7, 11) is 0. The summed E-state index contributed by atoms with van der Waals surface area (Å²) in [4.78, 5) is 4.07. The number of morpholine rings is 1. The van der Waals surface area contributed by atoms with Crippen LogP contribution >= 0.6 is 0 Å². The van der Waals surface area contributed by atoms with Crippen molar-refractivity contribution < 1.29 is 4.74 Å². The van der Waals surface area contributed by atoms with Crippen molar-refractivity contribution in [3.05, 3.63) is 18.7 Å². The van der Waals surface area contributed by atoms with E-state index in [0.717, 1.165) is 19.7 Å². The second-order valence-corrected chi connectivity index (χ2v) is 4.49. The molecule has 15 heavy (non-hydrogen) atoms. The Kier molecular flexibility index (Phi) is 2.46. The number of rotatable bonds is 2. The molecule has 1 aliphatic heterocycles. The van der Waals surface area contributed by atoms with Gasteiger partial charge in [0.15, 0.2) is 0 Å². The molecule has 2 heterocycles. The van der Waals surface area contributed by atoms with Gasteiger partial charge in [0.1, 0.15) is 0 Å². The van der Waals surface area contributed by atoms with Gasteiger partial charge in [0, 0.05) is 37.4 Å². The molecule has 0 bridgehead atoms. The number of imidazole rings is 1. The van der Waals surface area contributed by atoms with Crippen LogP contribution < -0.4 is 5.32 Å². The first-order chi connectivity index (χ1) is 7.43. The maximum absolute atomic E-state index is 5.87. The van der Waals surface area contributed by atoms with Gasteiger partial charge in [0.25, 0.3) is 0 Å². The molecule has 1 aromatic heterocycles. The smallest absolute Gasteiger partial charge is 0.0946 e. The summed E-state index contributed by atoms with van der Waals surface area (Å²) < 4.78 is 8.02. The second-order valence-electron chi connectivity index (χ2n) is 4.49. The van der Waals surface area contributed by atoms with Crippen LogP contribution in [0.2, 0.25) is 0 Å². The number of nitrogens with zero attached hydrogens (tertiary/aromatic N) is 2. The maximum atomic E-state index is 5.87. The lowest BCUT2D eigenvalue weighted by Crippen LogP contribution is -2.47. The number of aromatic nitrogens is 2. The van der Waals surface area contributed by atoms with Crippen molar-refractivity contribution in [1.82, 2.24) is 14.9 Å². The molecule has 3 rings (SSSR count). The summed E-state index contributed by atoms with van der Waals surface area (Å²) in [5.74, 6) is 0.650. The van der Waals surface area contributed by atoms with Crippen LogP contribution in [0.4, 0.5) is 0 Å². The van der Waals surface area contributed by atoms with Crippen LogP contribution in [0.1, 0.15) is 12.8 Å². The van der Waals surface area contributed by atoms with E-state index in [2.05, 4.69) is 14.9 Å². The van der Waals surface area contributed by atoms with E-state index in [1.54, 1.807) is 0 Å². The topological polar surface area (TPSA) is 39.1 Å². The molecule has 0 amide bonds. The van der Waals surface area contributed by atoms with Crippen LogP contribution in [-0.2, 0) is 11.3 Å². The van der Waals surface area contributed by atoms with E-state index in [4.69, 9.17) is 4.74 Å². The summed E-state index contributed by atoms with van der Waals surface area (Å²) in [5, 5.41) is 3.54. The van der Waals surface area contributed by atoms with Gasteiger partial charge in [-0.1, -0.05) is 0 Å². The van der Waals surface area contributed by atoms with Crippen molar-refractivity contribution in [1.29, 1.82) is 0 Å². The molecular formula is C11H17N3O. The van der Waals surface area contributed by atoms with Crippen LogP contribution in [0.3, 0.4) is 0 Å². The largest absolute Gasteiger partial charge is 0.375 e. The Hall–Kier alpha value is -0.870. The number of fused-ring (bicyclic) bond motifs is 1. The van der Waals surface area contributed by atoms with Crippen LogP contribution in [0, 0.1) is 5.92 Å². The molecule has 1 aliphatic carbocycles. The summed E-state index contributed by atoms with van der Waals surface area (Å²) in [6.07, 6.45) is 8.70. The van der Waals surface area contributed by atoms with Crippen molar-refractivity contribution in [3.8, 4) is 0 Å². The highest BCUT2D eigenvalue weighted by Crippen LogP contribution is 2.31. The Morgan fingerprint density at radius 1 is 1.47 bits per heavy atom. The van der Waals surface area contributed by atoms with Crippen molar-refractivity contribution in [3.63, 3.8) is 0 Å². The Labute approximate surface area is 89.6 Å². The normalized spacial score (nSPS) is 35.3. The third-order valence-electron chi connectivity index (χ3n) is 3.53. The third kappa shape index (κ3) is 1.79. The molecule has 3 atom stereocenters. The lowest BCUT2D eigenvalue weighted by molar-refractivity contribution is -0.0180. The SMILES string of the molecule is c1cn(C[C@@H]2CC[C@H]3NCCO[C@H]23)cn1. The summed E-state index contributed by atoms with van der Waals surface area (Å²) in [6.45, 7) is 2.92. The van der Waals surface area contributed by atoms with Gasteiger partial charge in [0.2, 0.25) is 0 Å². The van der Waals surface area contributed by atoms with Gasteiger partial charge in [0.05, 0.1) is 19.0 Å². The Morgan fingerprint density at radius 2 is 2.47 bits per heavy atom. The van der Waals surface area contributed by atoms with Gasteiger partial charge in [-0.25, -0.2) is 4.98 Å². The van der Waals surface area contributed by atoms with Gasteiger partial charge in [-0.15, -0.1) is 0 Å². The second kappa shape index (κ2) is 3.94. The van der Waals surface area contributed by atoms with Crippen molar-refractivity contribution in [2.45, 2.75) is 31.5 Å².